The number of rotatable bonds is 5. The van der Waals surface area contributed by atoms with E-state index in [4.69, 9.17) is 0 Å². The number of phenolic OH excluding ortho intramolecular Hbond substituents is 1. The lowest BCUT2D eigenvalue weighted by atomic mass is 10.0. The summed E-state index contributed by atoms with van der Waals surface area (Å²) < 4.78 is 4.67. The average molecular weight is 494 g/mol. The molecule has 5 rings (SSSR count). The van der Waals surface area contributed by atoms with E-state index in [1.165, 1.54) is 55.6 Å². The summed E-state index contributed by atoms with van der Waals surface area (Å²) in [5.74, 6) is -2.50. The third-order valence-corrected chi connectivity index (χ3v) is 5.79. The standard InChI is InChI=1S/C27H18N4O6/c1-37-27(36)14-6-8-16(9-7-14)28-26(35)21-12-15-4-2-3-5-18(15)22(23(21)32)31-30-17-10-11-19-20(13-17)25(34)29-24(19)33/h2-13,32H,1H3,(H,28,35)(H,29,33,34). The maximum atomic E-state index is 13.1. The second-order valence-electron chi connectivity index (χ2n) is 8.08. The number of carbonyl (C=O) groups is 4. The highest BCUT2D eigenvalue weighted by Crippen LogP contribution is 2.39. The molecule has 0 spiro atoms. The number of aromatic hydroxyl groups is 1. The largest absolute Gasteiger partial charge is 0.505 e. The second-order valence-corrected chi connectivity index (χ2v) is 8.08. The molecule has 1 aliphatic heterocycles. The Bertz CT molecular complexity index is 1640. The van der Waals surface area contributed by atoms with Crippen LogP contribution >= 0.6 is 0 Å². The van der Waals surface area contributed by atoms with Crippen molar-refractivity contribution in [3.8, 4) is 5.75 Å². The quantitative estimate of drug-likeness (QED) is 0.205. The summed E-state index contributed by atoms with van der Waals surface area (Å²) in [6.45, 7) is 0. The minimum absolute atomic E-state index is 0.0383. The van der Waals surface area contributed by atoms with Crippen LogP contribution in [0.1, 0.15) is 41.4 Å². The molecule has 1 aliphatic rings. The number of hydrogen-bond donors (Lipinski definition) is 3. The van der Waals surface area contributed by atoms with E-state index in [1.807, 2.05) is 0 Å². The van der Waals surface area contributed by atoms with Gasteiger partial charge in [0.2, 0.25) is 0 Å². The van der Waals surface area contributed by atoms with Gasteiger partial charge in [0.25, 0.3) is 17.7 Å². The molecule has 10 nitrogen and oxygen atoms in total. The van der Waals surface area contributed by atoms with E-state index in [1.54, 1.807) is 24.3 Å². The van der Waals surface area contributed by atoms with Gasteiger partial charge in [0, 0.05) is 11.1 Å². The van der Waals surface area contributed by atoms with E-state index >= 15 is 0 Å². The minimum Gasteiger partial charge on any atom is -0.505 e. The number of benzene rings is 4. The fourth-order valence-electron chi connectivity index (χ4n) is 3.92. The lowest BCUT2D eigenvalue weighted by Crippen LogP contribution is -2.19. The van der Waals surface area contributed by atoms with Crippen LogP contribution in [0.25, 0.3) is 10.8 Å². The number of fused-ring (bicyclic) bond motifs is 2. The van der Waals surface area contributed by atoms with Crippen molar-refractivity contribution in [1.29, 1.82) is 0 Å². The van der Waals surface area contributed by atoms with Crippen molar-refractivity contribution in [2.24, 2.45) is 10.2 Å². The van der Waals surface area contributed by atoms with E-state index in [2.05, 4.69) is 25.6 Å². The van der Waals surface area contributed by atoms with Gasteiger partial charge in [-0.2, -0.15) is 5.11 Å². The predicted octanol–water partition coefficient (Wildman–Crippen LogP) is 4.88. The molecular formula is C27H18N4O6. The molecule has 3 N–H and O–H groups in total. The summed E-state index contributed by atoms with van der Waals surface area (Å²) in [6.07, 6.45) is 0. The Kier molecular flexibility index (Phi) is 5.90. The van der Waals surface area contributed by atoms with Crippen molar-refractivity contribution in [3.63, 3.8) is 0 Å². The number of nitrogens with one attached hydrogen (secondary N) is 2. The second kappa shape index (κ2) is 9.34. The van der Waals surface area contributed by atoms with Crippen molar-refractivity contribution in [3.05, 3.63) is 95.1 Å². The SMILES string of the molecule is COC(=O)c1ccc(NC(=O)c2cc3ccccc3c(N=Nc3ccc4c(c3)C(=O)NC4=O)c2O)cc1. The number of esters is 1. The monoisotopic (exact) mass is 494 g/mol. The van der Waals surface area contributed by atoms with Gasteiger partial charge in [-0.3, -0.25) is 19.7 Å². The van der Waals surface area contributed by atoms with Gasteiger partial charge in [0.05, 0.1) is 35.1 Å². The lowest BCUT2D eigenvalue weighted by molar-refractivity contribution is 0.0600. The molecule has 0 atom stereocenters. The molecule has 4 aromatic carbocycles. The molecule has 3 amide bonds. The third-order valence-electron chi connectivity index (χ3n) is 5.79. The van der Waals surface area contributed by atoms with Gasteiger partial charge in [0.1, 0.15) is 5.69 Å². The zero-order valence-corrected chi connectivity index (χ0v) is 19.3. The maximum absolute atomic E-state index is 13.1. The number of imide groups is 1. The number of anilines is 1. The molecule has 182 valence electrons. The molecule has 0 aliphatic carbocycles. The molecule has 0 radical (unpaired) electrons. The van der Waals surface area contributed by atoms with Crippen LogP contribution in [0.3, 0.4) is 0 Å². The van der Waals surface area contributed by atoms with Crippen LogP contribution in [-0.4, -0.2) is 35.9 Å². The summed E-state index contributed by atoms with van der Waals surface area (Å²) in [7, 11) is 1.28. The van der Waals surface area contributed by atoms with Crippen LogP contribution in [0.5, 0.6) is 5.75 Å². The first-order chi connectivity index (χ1) is 17.9. The molecule has 1 heterocycles. The Morgan fingerprint density at radius 1 is 0.892 bits per heavy atom. The molecular weight excluding hydrogens is 476 g/mol. The van der Waals surface area contributed by atoms with Crippen molar-refractivity contribution in [1.82, 2.24) is 5.32 Å². The predicted molar refractivity (Wildman–Crippen MR) is 134 cm³/mol. The smallest absolute Gasteiger partial charge is 0.337 e. The van der Waals surface area contributed by atoms with E-state index in [0.29, 0.717) is 22.0 Å². The van der Waals surface area contributed by atoms with Gasteiger partial charge in [-0.25, -0.2) is 4.79 Å². The van der Waals surface area contributed by atoms with E-state index in [-0.39, 0.29) is 33.8 Å². The first kappa shape index (κ1) is 23.4. The molecule has 0 bridgehead atoms. The van der Waals surface area contributed by atoms with E-state index in [9.17, 15) is 24.3 Å². The Morgan fingerprint density at radius 3 is 2.38 bits per heavy atom. The van der Waals surface area contributed by atoms with Crippen molar-refractivity contribution >= 4 is 51.5 Å². The molecule has 0 fully saturated rings. The molecule has 4 aromatic rings. The molecule has 37 heavy (non-hydrogen) atoms. The first-order valence-electron chi connectivity index (χ1n) is 11.0. The summed E-state index contributed by atoms with van der Waals surface area (Å²) in [6, 6.07) is 19.1. The fourth-order valence-corrected chi connectivity index (χ4v) is 3.92. The number of azo groups is 1. The topological polar surface area (TPSA) is 147 Å². The number of methoxy groups -OCH3 is 1. The van der Waals surface area contributed by atoms with Crippen LogP contribution in [0.2, 0.25) is 0 Å². The summed E-state index contributed by atoms with van der Waals surface area (Å²) in [4.78, 5) is 48.4. The van der Waals surface area contributed by atoms with Crippen LogP contribution in [0.15, 0.2) is 83.0 Å². The van der Waals surface area contributed by atoms with Crippen LogP contribution in [0.4, 0.5) is 17.1 Å². The van der Waals surface area contributed by atoms with Crippen LogP contribution in [-0.2, 0) is 4.74 Å². The Hall–Kier alpha value is -5.38. The summed E-state index contributed by atoms with van der Waals surface area (Å²) >= 11 is 0. The Balaban J connectivity index is 1.49. The number of ether oxygens (including phenoxy) is 1. The zero-order chi connectivity index (χ0) is 26.1. The number of nitrogens with zero attached hydrogens (tertiary/aromatic N) is 2. The Labute approximate surface area is 209 Å². The van der Waals surface area contributed by atoms with Crippen molar-refractivity contribution in [2.75, 3.05) is 12.4 Å². The first-order valence-corrected chi connectivity index (χ1v) is 11.0. The zero-order valence-electron chi connectivity index (χ0n) is 19.3. The van der Waals surface area contributed by atoms with Gasteiger partial charge in [-0.05, 0) is 53.9 Å². The van der Waals surface area contributed by atoms with Crippen LogP contribution < -0.4 is 10.6 Å². The fraction of sp³-hybridized carbons (Fsp3) is 0.0370. The van der Waals surface area contributed by atoms with Crippen LogP contribution in [0, 0.1) is 0 Å². The summed E-state index contributed by atoms with van der Waals surface area (Å²) in [5.41, 5.74) is 1.46. The average Bonchev–Trinajstić information content (AvgIpc) is 3.20. The minimum atomic E-state index is -0.599. The Morgan fingerprint density at radius 2 is 1.62 bits per heavy atom. The van der Waals surface area contributed by atoms with Gasteiger partial charge in [-0.1, -0.05) is 24.3 Å². The van der Waals surface area contributed by atoms with Gasteiger partial charge >= 0.3 is 5.97 Å². The summed E-state index contributed by atoms with van der Waals surface area (Å²) in [5, 5.41) is 25.4. The number of hydrogen-bond acceptors (Lipinski definition) is 8. The van der Waals surface area contributed by atoms with E-state index < -0.39 is 23.7 Å². The highest BCUT2D eigenvalue weighted by molar-refractivity contribution is 6.21. The molecule has 10 heteroatoms. The number of phenols is 1. The van der Waals surface area contributed by atoms with Gasteiger partial charge < -0.3 is 15.2 Å². The van der Waals surface area contributed by atoms with Gasteiger partial charge in [0.15, 0.2) is 5.75 Å². The van der Waals surface area contributed by atoms with Gasteiger partial charge in [-0.15, -0.1) is 5.11 Å². The molecule has 0 saturated heterocycles. The highest BCUT2D eigenvalue weighted by atomic mass is 16.5. The normalized spacial score (nSPS) is 12.5. The number of carbonyl (C=O) groups excluding carboxylic acids is 4. The molecule has 0 aromatic heterocycles. The highest BCUT2D eigenvalue weighted by Gasteiger charge is 2.26. The lowest BCUT2D eigenvalue weighted by Gasteiger charge is -2.11. The van der Waals surface area contributed by atoms with Crippen molar-refractivity contribution in [2.45, 2.75) is 0 Å². The number of amides is 3. The third kappa shape index (κ3) is 4.39. The van der Waals surface area contributed by atoms with Crippen molar-refractivity contribution < 1.29 is 29.0 Å². The maximum Gasteiger partial charge on any atom is 0.337 e. The van der Waals surface area contributed by atoms with E-state index in [0.717, 1.165) is 0 Å². The molecule has 0 unspecified atom stereocenters. The molecule has 0 saturated carbocycles.